The van der Waals surface area contributed by atoms with Crippen molar-refractivity contribution in [2.45, 2.75) is 71.3 Å². The van der Waals surface area contributed by atoms with E-state index >= 15 is 0 Å². The summed E-state index contributed by atoms with van der Waals surface area (Å²) in [5, 5.41) is 0. The van der Waals surface area contributed by atoms with Crippen LogP contribution in [0.25, 0.3) is 0 Å². The molecule has 1 saturated carbocycles. The Morgan fingerprint density at radius 2 is 1.94 bits per heavy atom. The number of ketones is 1. The highest BCUT2D eigenvalue weighted by molar-refractivity contribution is 5.87. The first-order valence-corrected chi connectivity index (χ1v) is 6.82. The second kappa shape index (κ2) is 6.39. The average Bonchev–Trinajstić information content (AvgIpc) is 2.68. The highest BCUT2D eigenvalue weighted by Crippen LogP contribution is 2.36. The van der Waals surface area contributed by atoms with E-state index in [1.807, 2.05) is 6.92 Å². The Bertz CT molecular complexity index is 217. The second-order valence-corrected chi connectivity index (χ2v) is 5.16. The van der Waals surface area contributed by atoms with E-state index in [0.717, 1.165) is 38.5 Å². The maximum absolute atomic E-state index is 12.3. The molecule has 0 spiro atoms. The number of hydrogen-bond donors (Lipinski definition) is 0. The van der Waals surface area contributed by atoms with E-state index < -0.39 is 5.60 Å². The number of hydrogen-bond acceptors (Lipinski definition) is 2. The lowest BCUT2D eigenvalue weighted by Gasteiger charge is -2.28. The Kier molecular flexibility index (Phi) is 5.47. The van der Waals surface area contributed by atoms with Gasteiger partial charge in [0, 0.05) is 13.0 Å². The van der Waals surface area contributed by atoms with Crippen molar-refractivity contribution in [3.8, 4) is 0 Å². The Hall–Kier alpha value is -0.370. The van der Waals surface area contributed by atoms with Gasteiger partial charge in [-0.1, -0.05) is 26.7 Å². The van der Waals surface area contributed by atoms with Crippen molar-refractivity contribution in [3.63, 3.8) is 0 Å². The average molecular weight is 226 g/mol. The van der Waals surface area contributed by atoms with Gasteiger partial charge in [-0.15, -0.1) is 0 Å². The molecule has 16 heavy (non-hydrogen) atoms. The molecule has 1 rings (SSSR count). The summed E-state index contributed by atoms with van der Waals surface area (Å²) in [5.74, 6) is 0.864. The lowest BCUT2D eigenvalue weighted by molar-refractivity contribution is -0.144. The van der Waals surface area contributed by atoms with Crippen LogP contribution in [0, 0.1) is 5.92 Å². The van der Waals surface area contributed by atoms with Gasteiger partial charge in [0.25, 0.3) is 0 Å². The van der Waals surface area contributed by atoms with Crippen LogP contribution in [-0.4, -0.2) is 18.0 Å². The van der Waals surface area contributed by atoms with E-state index in [2.05, 4.69) is 13.8 Å². The van der Waals surface area contributed by atoms with Crippen LogP contribution >= 0.6 is 0 Å². The summed E-state index contributed by atoms with van der Waals surface area (Å²) in [6.07, 6.45) is 7.19. The fourth-order valence-electron chi connectivity index (χ4n) is 2.82. The second-order valence-electron chi connectivity index (χ2n) is 5.16. The van der Waals surface area contributed by atoms with Gasteiger partial charge >= 0.3 is 0 Å². The molecule has 0 aliphatic heterocycles. The minimum absolute atomic E-state index is 0.354. The van der Waals surface area contributed by atoms with Crippen LogP contribution in [0.1, 0.15) is 65.7 Å². The monoisotopic (exact) mass is 226 g/mol. The molecule has 0 aromatic rings. The fourth-order valence-corrected chi connectivity index (χ4v) is 2.82. The van der Waals surface area contributed by atoms with Crippen LogP contribution in [0.2, 0.25) is 0 Å². The Balaban J connectivity index is 2.54. The van der Waals surface area contributed by atoms with Gasteiger partial charge in [-0.05, 0) is 38.5 Å². The third-order valence-corrected chi connectivity index (χ3v) is 3.66. The number of carbonyl (C=O) groups is 1. The number of rotatable bonds is 7. The quantitative estimate of drug-likeness (QED) is 0.661. The van der Waals surface area contributed by atoms with Gasteiger partial charge in [0.05, 0.1) is 0 Å². The molecule has 94 valence electrons. The molecule has 0 radical (unpaired) electrons. The molecule has 0 saturated heterocycles. The summed E-state index contributed by atoms with van der Waals surface area (Å²) in [5.41, 5.74) is -0.406. The molecule has 2 nitrogen and oxygen atoms in total. The lowest BCUT2D eigenvalue weighted by Crippen LogP contribution is -2.39. The number of ether oxygens (including phenoxy) is 1. The van der Waals surface area contributed by atoms with Crippen LogP contribution in [-0.2, 0) is 9.53 Å². The van der Waals surface area contributed by atoms with Crippen LogP contribution in [0.3, 0.4) is 0 Å². The minimum Gasteiger partial charge on any atom is -0.368 e. The zero-order valence-corrected chi connectivity index (χ0v) is 11.1. The fraction of sp³-hybridized carbons (Fsp3) is 0.929. The predicted molar refractivity (Wildman–Crippen MR) is 66.5 cm³/mol. The van der Waals surface area contributed by atoms with Gasteiger partial charge in [-0.2, -0.15) is 0 Å². The van der Waals surface area contributed by atoms with Crippen LogP contribution in [0.5, 0.6) is 0 Å². The first-order valence-electron chi connectivity index (χ1n) is 6.82. The van der Waals surface area contributed by atoms with E-state index in [0.29, 0.717) is 24.7 Å². The van der Waals surface area contributed by atoms with Crippen molar-refractivity contribution in [3.05, 3.63) is 0 Å². The third kappa shape index (κ3) is 3.31. The first-order chi connectivity index (χ1) is 7.64. The highest BCUT2D eigenvalue weighted by atomic mass is 16.5. The molecule has 0 amide bonds. The van der Waals surface area contributed by atoms with Gasteiger partial charge in [0.1, 0.15) is 5.60 Å². The molecule has 1 atom stereocenters. The lowest BCUT2D eigenvalue weighted by atomic mass is 9.88. The van der Waals surface area contributed by atoms with Crippen molar-refractivity contribution < 1.29 is 9.53 Å². The molecule has 2 heteroatoms. The van der Waals surface area contributed by atoms with Crippen molar-refractivity contribution in [1.82, 2.24) is 0 Å². The van der Waals surface area contributed by atoms with E-state index in [1.54, 1.807) is 0 Å². The summed E-state index contributed by atoms with van der Waals surface area (Å²) in [6.45, 7) is 7.00. The molecule has 0 heterocycles. The molecule has 1 aliphatic rings. The van der Waals surface area contributed by atoms with Crippen molar-refractivity contribution in [2.75, 3.05) is 6.61 Å². The summed E-state index contributed by atoms with van der Waals surface area (Å²) < 4.78 is 5.78. The van der Waals surface area contributed by atoms with E-state index in [1.165, 1.54) is 0 Å². The molecule has 1 fully saturated rings. The summed E-state index contributed by atoms with van der Waals surface area (Å²) in [7, 11) is 0. The molecule has 0 bridgehead atoms. The number of Topliss-reactive ketones (excluding diaryl/α,β-unsaturated/α-hetero) is 1. The standard InChI is InChI=1S/C14H26O2/c1-4-8-12(3)11-13(15)14(16-5-2)9-6-7-10-14/h12H,4-11H2,1-3H3. The van der Waals surface area contributed by atoms with Gasteiger partial charge in [-0.25, -0.2) is 0 Å². The number of carbonyl (C=O) groups excluding carboxylic acids is 1. The third-order valence-electron chi connectivity index (χ3n) is 3.66. The van der Waals surface area contributed by atoms with Gasteiger partial charge in [0.15, 0.2) is 5.78 Å². The molecular formula is C14H26O2. The Morgan fingerprint density at radius 1 is 1.31 bits per heavy atom. The molecular weight excluding hydrogens is 200 g/mol. The van der Waals surface area contributed by atoms with Gasteiger partial charge < -0.3 is 4.74 Å². The Labute approximate surface area is 99.8 Å². The van der Waals surface area contributed by atoms with E-state index in [9.17, 15) is 4.79 Å². The maximum Gasteiger partial charge on any atom is 0.164 e. The van der Waals surface area contributed by atoms with Crippen LogP contribution in [0.15, 0.2) is 0 Å². The summed E-state index contributed by atoms with van der Waals surface area (Å²) in [6, 6.07) is 0. The van der Waals surface area contributed by atoms with Crippen molar-refractivity contribution in [1.29, 1.82) is 0 Å². The van der Waals surface area contributed by atoms with Gasteiger partial charge in [-0.3, -0.25) is 4.79 Å². The van der Waals surface area contributed by atoms with Gasteiger partial charge in [0.2, 0.25) is 0 Å². The predicted octanol–water partition coefficient (Wildman–Crippen LogP) is 3.73. The molecule has 0 aromatic carbocycles. The zero-order chi connectivity index (χ0) is 12.0. The maximum atomic E-state index is 12.3. The SMILES string of the molecule is CCCC(C)CC(=O)C1(OCC)CCCC1. The topological polar surface area (TPSA) is 26.3 Å². The summed E-state index contributed by atoms with van der Waals surface area (Å²) in [4.78, 5) is 12.3. The van der Waals surface area contributed by atoms with Crippen LogP contribution < -0.4 is 0 Å². The largest absolute Gasteiger partial charge is 0.368 e. The van der Waals surface area contributed by atoms with E-state index in [-0.39, 0.29) is 0 Å². The zero-order valence-electron chi connectivity index (χ0n) is 11.1. The van der Waals surface area contributed by atoms with E-state index in [4.69, 9.17) is 4.74 Å². The molecule has 0 N–H and O–H groups in total. The van der Waals surface area contributed by atoms with Crippen LogP contribution in [0.4, 0.5) is 0 Å². The van der Waals surface area contributed by atoms with Crippen molar-refractivity contribution in [2.24, 2.45) is 5.92 Å². The molecule has 1 unspecified atom stereocenters. The molecule has 0 aromatic heterocycles. The molecule has 1 aliphatic carbocycles. The van der Waals surface area contributed by atoms with Crippen molar-refractivity contribution >= 4 is 5.78 Å². The summed E-state index contributed by atoms with van der Waals surface area (Å²) >= 11 is 0. The Morgan fingerprint density at radius 3 is 2.44 bits per heavy atom. The minimum atomic E-state index is -0.406. The smallest absolute Gasteiger partial charge is 0.164 e. The first kappa shape index (κ1) is 13.7. The normalized spacial score (nSPS) is 20.9. The highest BCUT2D eigenvalue weighted by Gasteiger charge is 2.41.